The van der Waals surface area contributed by atoms with E-state index < -0.39 is 0 Å². The first kappa shape index (κ1) is 19.0. The molecule has 0 amide bonds. The molecule has 6 nitrogen and oxygen atoms in total. The van der Waals surface area contributed by atoms with Gasteiger partial charge in [-0.2, -0.15) is 0 Å². The number of fused-ring (bicyclic) bond motifs is 1. The number of nitrogens with zero attached hydrogens (tertiary/aromatic N) is 4. The molecule has 0 atom stereocenters. The minimum Gasteiger partial charge on any atom is -0.488 e. The summed E-state index contributed by atoms with van der Waals surface area (Å²) >= 11 is 6.28. The molecule has 0 radical (unpaired) electrons. The lowest BCUT2D eigenvalue weighted by atomic mass is 10.0. The fourth-order valence-electron chi connectivity index (χ4n) is 3.15. The SMILES string of the molecule is C=CCn1nnnc1NCc1c(OCc2ccccc2Cl)ccc2ccccc12. The predicted molar refractivity (Wildman–Crippen MR) is 115 cm³/mol. The van der Waals surface area contributed by atoms with Crippen LogP contribution in [0.4, 0.5) is 5.95 Å². The first-order chi connectivity index (χ1) is 14.3. The quantitative estimate of drug-likeness (QED) is 0.424. The van der Waals surface area contributed by atoms with Gasteiger partial charge in [-0.1, -0.05) is 71.3 Å². The van der Waals surface area contributed by atoms with Crippen molar-refractivity contribution in [2.75, 3.05) is 5.32 Å². The second-order valence-corrected chi connectivity index (χ2v) is 6.88. The predicted octanol–water partition coefficient (Wildman–Crippen LogP) is 4.86. The zero-order valence-corrected chi connectivity index (χ0v) is 16.5. The number of allylic oxidation sites excluding steroid dienone is 1. The van der Waals surface area contributed by atoms with E-state index in [9.17, 15) is 0 Å². The number of hydrogen-bond acceptors (Lipinski definition) is 5. The number of hydrogen-bond donors (Lipinski definition) is 1. The molecule has 0 fully saturated rings. The summed E-state index contributed by atoms with van der Waals surface area (Å²) in [5.41, 5.74) is 1.97. The maximum absolute atomic E-state index is 6.28. The third-order valence-corrected chi connectivity index (χ3v) is 4.96. The number of rotatable bonds is 8. The average molecular weight is 406 g/mol. The molecule has 0 spiro atoms. The van der Waals surface area contributed by atoms with Crippen molar-refractivity contribution in [3.63, 3.8) is 0 Å². The first-order valence-corrected chi connectivity index (χ1v) is 9.62. The van der Waals surface area contributed by atoms with Crippen molar-refractivity contribution >= 4 is 28.3 Å². The van der Waals surface area contributed by atoms with Gasteiger partial charge in [-0.15, -0.1) is 6.58 Å². The molecule has 1 heterocycles. The van der Waals surface area contributed by atoms with Crippen LogP contribution in [0, 0.1) is 0 Å². The topological polar surface area (TPSA) is 64.9 Å². The fourth-order valence-corrected chi connectivity index (χ4v) is 3.34. The summed E-state index contributed by atoms with van der Waals surface area (Å²) in [6.45, 7) is 5.16. The molecular formula is C22H20ClN5O. The van der Waals surface area contributed by atoms with Gasteiger partial charge in [-0.25, -0.2) is 4.68 Å². The molecule has 3 aromatic carbocycles. The highest BCUT2D eigenvalue weighted by molar-refractivity contribution is 6.31. The van der Waals surface area contributed by atoms with Gasteiger partial charge in [0, 0.05) is 22.7 Å². The summed E-state index contributed by atoms with van der Waals surface area (Å²) < 4.78 is 7.82. The number of tetrazole rings is 1. The number of benzene rings is 3. The maximum Gasteiger partial charge on any atom is 0.243 e. The van der Waals surface area contributed by atoms with Gasteiger partial charge < -0.3 is 10.1 Å². The molecule has 0 saturated carbocycles. The summed E-state index contributed by atoms with van der Waals surface area (Å²) in [4.78, 5) is 0. The van der Waals surface area contributed by atoms with Gasteiger partial charge in [0.15, 0.2) is 0 Å². The van der Waals surface area contributed by atoms with Crippen LogP contribution in [0.5, 0.6) is 5.75 Å². The second kappa shape index (κ2) is 8.75. The maximum atomic E-state index is 6.28. The summed E-state index contributed by atoms with van der Waals surface area (Å²) in [6, 6.07) is 19.9. The largest absolute Gasteiger partial charge is 0.488 e. The highest BCUT2D eigenvalue weighted by atomic mass is 35.5. The average Bonchev–Trinajstić information content (AvgIpc) is 3.19. The normalized spacial score (nSPS) is 10.8. The molecule has 0 saturated heterocycles. The molecule has 0 unspecified atom stereocenters. The second-order valence-electron chi connectivity index (χ2n) is 6.47. The number of aromatic nitrogens is 4. The molecule has 0 aliphatic rings. The summed E-state index contributed by atoms with van der Waals surface area (Å²) in [6.07, 6.45) is 1.75. The summed E-state index contributed by atoms with van der Waals surface area (Å²) in [7, 11) is 0. The summed E-state index contributed by atoms with van der Waals surface area (Å²) in [5, 5.41) is 18.0. The van der Waals surface area contributed by atoms with E-state index in [-0.39, 0.29) is 0 Å². The van der Waals surface area contributed by atoms with Crippen molar-refractivity contribution in [2.24, 2.45) is 0 Å². The smallest absolute Gasteiger partial charge is 0.243 e. The lowest BCUT2D eigenvalue weighted by molar-refractivity contribution is 0.304. The van der Waals surface area contributed by atoms with Gasteiger partial charge >= 0.3 is 0 Å². The van der Waals surface area contributed by atoms with Gasteiger partial charge in [-0.3, -0.25) is 0 Å². The van der Waals surface area contributed by atoms with E-state index in [1.165, 1.54) is 0 Å². The standard InChI is InChI=1S/C22H20ClN5O/c1-2-13-28-22(25-26-27-28)24-14-19-18-9-5-3-7-16(18)11-12-21(19)29-15-17-8-4-6-10-20(17)23/h2-12H,1,13-15H2,(H,24,25,27). The number of ether oxygens (including phenoxy) is 1. The van der Waals surface area contributed by atoms with Crippen LogP contribution < -0.4 is 10.1 Å². The van der Waals surface area contributed by atoms with Crippen molar-refractivity contribution in [3.05, 3.63) is 89.5 Å². The zero-order chi connectivity index (χ0) is 20.1. The van der Waals surface area contributed by atoms with Gasteiger partial charge in [0.05, 0.1) is 6.54 Å². The lowest BCUT2D eigenvalue weighted by Gasteiger charge is -2.16. The van der Waals surface area contributed by atoms with Crippen molar-refractivity contribution in [3.8, 4) is 5.75 Å². The Hall–Kier alpha value is -3.38. The van der Waals surface area contributed by atoms with Crippen molar-refractivity contribution < 1.29 is 4.74 Å². The zero-order valence-electron chi connectivity index (χ0n) is 15.8. The van der Waals surface area contributed by atoms with E-state index in [4.69, 9.17) is 16.3 Å². The summed E-state index contributed by atoms with van der Waals surface area (Å²) in [5.74, 6) is 1.37. The van der Waals surface area contributed by atoms with Crippen LogP contribution in [0.15, 0.2) is 73.3 Å². The number of anilines is 1. The van der Waals surface area contributed by atoms with Crippen molar-refractivity contribution in [1.82, 2.24) is 20.2 Å². The van der Waals surface area contributed by atoms with E-state index in [2.05, 4.69) is 45.6 Å². The van der Waals surface area contributed by atoms with Crippen LogP contribution in [0.1, 0.15) is 11.1 Å². The van der Waals surface area contributed by atoms with Gasteiger partial charge in [0.2, 0.25) is 5.95 Å². The molecule has 1 N–H and O–H groups in total. The minimum absolute atomic E-state index is 0.388. The Balaban J connectivity index is 1.63. The Kier molecular flexibility index (Phi) is 5.72. The van der Waals surface area contributed by atoms with E-state index in [0.717, 1.165) is 27.6 Å². The van der Waals surface area contributed by atoms with E-state index in [1.54, 1.807) is 10.8 Å². The van der Waals surface area contributed by atoms with Crippen molar-refractivity contribution in [2.45, 2.75) is 19.7 Å². The highest BCUT2D eigenvalue weighted by Gasteiger charge is 2.12. The van der Waals surface area contributed by atoms with Crippen LogP contribution >= 0.6 is 11.6 Å². The van der Waals surface area contributed by atoms with Crippen LogP contribution in [-0.4, -0.2) is 20.2 Å². The number of nitrogens with one attached hydrogen (secondary N) is 1. The molecule has 0 aliphatic carbocycles. The molecule has 146 valence electrons. The van der Waals surface area contributed by atoms with Crippen molar-refractivity contribution in [1.29, 1.82) is 0 Å². The van der Waals surface area contributed by atoms with Gasteiger partial charge in [0.25, 0.3) is 0 Å². The molecule has 0 bridgehead atoms. The monoisotopic (exact) mass is 405 g/mol. The third-order valence-electron chi connectivity index (χ3n) is 4.60. The first-order valence-electron chi connectivity index (χ1n) is 9.24. The molecule has 29 heavy (non-hydrogen) atoms. The Morgan fingerprint density at radius 3 is 2.76 bits per heavy atom. The molecule has 4 aromatic rings. The van der Waals surface area contributed by atoms with Gasteiger partial charge in [0.1, 0.15) is 12.4 Å². The lowest BCUT2D eigenvalue weighted by Crippen LogP contribution is -2.10. The fraction of sp³-hybridized carbons (Fsp3) is 0.136. The molecule has 0 aliphatic heterocycles. The van der Waals surface area contributed by atoms with E-state index in [1.807, 2.05) is 42.5 Å². The Morgan fingerprint density at radius 1 is 1.07 bits per heavy atom. The van der Waals surface area contributed by atoms with Crippen LogP contribution in [0.2, 0.25) is 5.02 Å². The highest BCUT2D eigenvalue weighted by Crippen LogP contribution is 2.30. The minimum atomic E-state index is 0.388. The Morgan fingerprint density at radius 2 is 1.90 bits per heavy atom. The molecular weight excluding hydrogens is 386 g/mol. The molecule has 4 rings (SSSR count). The number of halogens is 1. The van der Waals surface area contributed by atoms with Gasteiger partial charge in [-0.05, 0) is 33.3 Å². The third kappa shape index (κ3) is 4.22. The Bertz CT molecular complexity index is 1140. The van der Waals surface area contributed by atoms with Crippen LogP contribution in [-0.2, 0) is 19.7 Å². The van der Waals surface area contributed by atoms with Crippen LogP contribution in [0.3, 0.4) is 0 Å². The van der Waals surface area contributed by atoms with E-state index in [0.29, 0.717) is 30.7 Å². The van der Waals surface area contributed by atoms with Crippen LogP contribution in [0.25, 0.3) is 10.8 Å². The molecule has 7 heteroatoms. The van der Waals surface area contributed by atoms with E-state index >= 15 is 0 Å². The molecule has 1 aromatic heterocycles. The Labute approximate surface area is 173 Å².